The van der Waals surface area contributed by atoms with E-state index < -0.39 is 5.82 Å². The van der Waals surface area contributed by atoms with Gasteiger partial charge in [0.1, 0.15) is 17.6 Å². The molecule has 0 unspecified atom stereocenters. The summed E-state index contributed by atoms with van der Waals surface area (Å²) in [5.41, 5.74) is 1.05. The average Bonchev–Trinajstić information content (AvgIpc) is 3.07. The van der Waals surface area contributed by atoms with E-state index in [-0.39, 0.29) is 39.7 Å². The molecule has 1 amide bonds. The Morgan fingerprint density at radius 1 is 1.36 bits per heavy atom. The molecule has 0 atom stereocenters. The van der Waals surface area contributed by atoms with Gasteiger partial charge in [-0.3, -0.25) is 9.89 Å². The molecule has 9 heteroatoms. The summed E-state index contributed by atoms with van der Waals surface area (Å²) in [6, 6.07) is 5.61. The third-order valence-electron chi connectivity index (χ3n) is 4.82. The number of phenolic OH excluding ortho intramolecular Hbond substituents is 1. The Morgan fingerprint density at radius 2 is 2.11 bits per heavy atom. The number of nitrogens with zero attached hydrogens (tertiary/aromatic N) is 4. The zero-order valence-electron chi connectivity index (χ0n) is 15.1. The van der Waals surface area contributed by atoms with Crippen LogP contribution in [0.1, 0.15) is 21.6 Å². The van der Waals surface area contributed by atoms with Gasteiger partial charge in [-0.1, -0.05) is 0 Å². The number of phenols is 1. The molecule has 3 heterocycles. The van der Waals surface area contributed by atoms with Crippen molar-refractivity contribution >= 4 is 16.9 Å². The van der Waals surface area contributed by atoms with E-state index in [1.807, 2.05) is 6.07 Å². The van der Waals surface area contributed by atoms with Crippen molar-refractivity contribution in [1.82, 2.24) is 25.4 Å². The normalized spacial score (nSPS) is 14.2. The summed E-state index contributed by atoms with van der Waals surface area (Å²) in [5.74, 6) is -1.29. The number of halogens is 1. The fraction of sp³-hybridized carbons (Fsp3) is 0.263. The van der Waals surface area contributed by atoms with Crippen LogP contribution >= 0.6 is 0 Å². The molecule has 0 bridgehead atoms. The molecule has 0 saturated carbocycles. The van der Waals surface area contributed by atoms with E-state index >= 15 is 0 Å². The van der Waals surface area contributed by atoms with Crippen LogP contribution in [0.2, 0.25) is 0 Å². The van der Waals surface area contributed by atoms with Crippen molar-refractivity contribution in [2.75, 3.05) is 26.2 Å². The van der Waals surface area contributed by atoms with Crippen LogP contribution in [0, 0.1) is 24.1 Å². The van der Waals surface area contributed by atoms with Crippen LogP contribution in [-0.2, 0) is 0 Å². The highest BCUT2D eigenvalue weighted by atomic mass is 19.1. The standard InChI is InChI=1S/C19H17FN6O2/c1-10-15-16(19(28)26-6-4-22-5-7-26)13(9-21)17(23-18(15)25-24-10)12-3-2-11(27)8-14(12)20/h2-3,8,22,27H,4-7H2,1H3,(H,23,24,25). The molecule has 28 heavy (non-hydrogen) atoms. The van der Waals surface area contributed by atoms with Gasteiger partial charge in [-0.2, -0.15) is 10.4 Å². The second kappa shape index (κ2) is 6.90. The number of fused-ring (bicyclic) bond motifs is 1. The predicted octanol–water partition coefficient (Wildman–Crippen LogP) is 1.70. The monoisotopic (exact) mass is 380 g/mol. The lowest BCUT2D eigenvalue weighted by Gasteiger charge is -2.28. The molecule has 1 saturated heterocycles. The first-order valence-corrected chi connectivity index (χ1v) is 8.79. The van der Waals surface area contributed by atoms with Gasteiger partial charge >= 0.3 is 0 Å². The van der Waals surface area contributed by atoms with Gasteiger partial charge in [-0.15, -0.1) is 0 Å². The third-order valence-corrected chi connectivity index (χ3v) is 4.82. The maximum atomic E-state index is 14.5. The number of hydrogen-bond donors (Lipinski definition) is 3. The van der Waals surface area contributed by atoms with Crippen LogP contribution < -0.4 is 5.32 Å². The van der Waals surface area contributed by atoms with Gasteiger partial charge in [-0.25, -0.2) is 9.37 Å². The maximum absolute atomic E-state index is 14.5. The smallest absolute Gasteiger partial charge is 0.256 e. The molecule has 1 aliphatic rings. The molecule has 1 aromatic carbocycles. The number of aromatic nitrogens is 3. The maximum Gasteiger partial charge on any atom is 0.256 e. The molecular formula is C19H17FN6O2. The minimum atomic E-state index is -0.740. The number of rotatable bonds is 2. The average molecular weight is 380 g/mol. The minimum Gasteiger partial charge on any atom is -0.508 e. The summed E-state index contributed by atoms with van der Waals surface area (Å²) >= 11 is 0. The highest BCUT2D eigenvalue weighted by molar-refractivity contribution is 6.10. The largest absolute Gasteiger partial charge is 0.508 e. The van der Waals surface area contributed by atoms with E-state index in [2.05, 4.69) is 20.5 Å². The number of carbonyl (C=O) groups is 1. The van der Waals surface area contributed by atoms with Crippen LogP contribution in [0.15, 0.2) is 18.2 Å². The molecule has 0 radical (unpaired) electrons. The van der Waals surface area contributed by atoms with Gasteiger partial charge < -0.3 is 15.3 Å². The van der Waals surface area contributed by atoms with Gasteiger partial charge in [0.25, 0.3) is 5.91 Å². The van der Waals surface area contributed by atoms with Crippen LogP contribution in [-0.4, -0.2) is 57.3 Å². The molecule has 2 aromatic heterocycles. The minimum absolute atomic E-state index is 0.00915. The van der Waals surface area contributed by atoms with Crippen molar-refractivity contribution in [3.8, 4) is 23.1 Å². The number of aryl methyl sites for hydroxylation is 1. The molecule has 8 nitrogen and oxygen atoms in total. The van der Waals surface area contributed by atoms with E-state index in [0.29, 0.717) is 37.3 Å². The Bertz CT molecular complexity index is 1130. The van der Waals surface area contributed by atoms with Crippen LogP contribution in [0.25, 0.3) is 22.3 Å². The SMILES string of the molecule is Cc1[nH]nc2nc(-c3ccc(O)cc3F)c(C#N)c(C(=O)N3CCNCC3)c12. The quantitative estimate of drug-likeness (QED) is 0.623. The van der Waals surface area contributed by atoms with Crippen molar-refractivity contribution in [2.24, 2.45) is 0 Å². The first-order valence-electron chi connectivity index (χ1n) is 8.79. The number of hydrogen-bond acceptors (Lipinski definition) is 6. The summed E-state index contributed by atoms with van der Waals surface area (Å²) in [5, 5.41) is 29.9. The van der Waals surface area contributed by atoms with Gasteiger partial charge in [0.2, 0.25) is 0 Å². The molecule has 1 fully saturated rings. The Balaban J connectivity index is 2.00. The zero-order valence-corrected chi connectivity index (χ0v) is 15.1. The van der Waals surface area contributed by atoms with Gasteiger partial charge in [0.15, 0.2) is 5.65 Å². The molecule has 3 N–H and O–H groups in total. The van der Waals surface area contributed by atoms with Gasteiger partial charge in [0.05, 0.1) is 22.2 Å². The number of nitrogens with one attached hydrogen (secondary N) is 2. The van der Waals surface area contributed by atoms with E-state index in [4.69, 9.17) is 0 Å². The topological polar surface area (TPSA) is 118 Å². The van der Waals surface area contributed by atoms with Gasteiger partial charge in [0, 0.05) is 43.5 Å². The summed E-state index contributed by atoms with van der Waals surface area (Å²) in [6.07, 6.45) is 0. The van der Waals surface area contributed by atoms with Crippen molar-refractivity contribution in [2.45, 2.75) is 6.92 Å². The van der Waals surface area contributed by atoms with Crippen LogP contribution in [0.5, 0.6) is 5.75 Å². The zero-order chi connectivity index (χ0) is 19.8. The Labute approximate surface area is 159 Å². The van der Waals surface area contributed by atoms with Crippen molar-refractivity contribution in [3.63, 3.8) is 0 Å². The summed E-state index contributed by atoms with van der Waals surface area (Å²) in [7, 11) is 0. The lowest BCUT2D eigenvalue weighted by Crippen LogP contribution is -2.46. The highest BCUT2D eigenvalue weighted by Crippen LogP contribution is 2.33. The number of pyridine rings is 1. The lowest BCUT2D eigenvalue weighted by molar-refractivity contribution is 0.0737. The van der Waals surface area contributed by atoms with Crippen molar-refractivity contribution in [1.29, 1.82) is 5.26 Å². The van der Waals surface area contributed by atoms with E-state index in [1.165, 1.54) is 12.1 Å². The number of H-pyrrole nitrogens is 1. The molecule has 142 valence electrons. The molecule has 4 rings (SSSR count). The number of aromatic hydroxyl groups is 1. The van der Waals surface area contributed by atoms with Gasteiger partial charge in [-0.05, 0) is 19.1 Å². The second-order valence-corrected chi connectivity index (χ2v) is 6.58. The highest BCUT2D eigenvalue weighted by Gasteiger charge is 2.29. The Kier molecular flexibility index (Phi) is 4.41. The molecule has 0 aliphatic carbocycles. The Morgan fingerprint density at radius 3 is 2.79 bits per heavy atom. The first-order chi connectivity index (χ1) is 13.5. The molecular weight excluding hydrogens is 363 g/mol. The molecule has 3 aromatic rings. The Hall–Kier alpha value is -3.51. The summed E-state index contributed by atoms with van der Waals surface area (Å²) in [4.78, 5) is 19.3. The second-order valence-electron chi connectivity index (χ2n) is 6.58. The third kappa shape index (κ3) is 2.84. The van der Waals surface area contributed by atoms with E-state index in [0.717, 1.165) is 6.07 Å². The number of benzene rings is 1. The number of nitriles is 1. The summed E-state index contributed by atoms with van der Waals surface area (Å²) in [6.45, 7) is 4.07. The van der Waals surface area contributed by atoms with Crippen molar-refractivity contribution < 1.29 is 14.3 Å². The number of amides is 1. The summed E-state index contributed by atoms with van der Waals surface area (Å²) < 4.78 is 14.5. The molecule has 1 aliphatic heterocycles. The fourth-order valence-electron chi connectivity index (χ4n) is 3.44. The first kappa shape index (κ1) is 17.9. The number of carbonyl (C=O) groups excluding carboxylic acids is 1. The van der Waals surface area contributed by atoms with Crippen molar-refractivity contribution in [3.05, 3.63) is 40.8 Å². The lowest BCUT2D eigenvalue weighted by atomic mass is 9.97. The molecule has 0 spiro atoms. The fourth-order valence-corrected chi connectivity index (χ4v) is 3.44. The number of aromatic amines is 1. The number of piperazine rings is 1. The van der Waals surface area contributed by atoms with Crippen LogP contribution in [0.3, 0.4) is 0 Å². The predicted molar refractivity (Wildman–Crippen MR) is 99.2 cm³/mol. The van der Waals surface area contributed by atoms with E-state index in [9.17, 15) is 19.6 Å². The van der Waals surface area contributed by atoms with Crippen LogP contribution in [0.4, 0.5) is 4.39 Å². The van der Waals surface area contributed by atoms with E-state index in [1.54, 1.807) is 11.8 Å².